The van der Waals surface area contributed by atoms with Crippen LogP contribution in [-0.2, 0) is 13.0 Å². The Hall–Kier alpha value is -1.51. The van der Waals surface area contributed by atoms with Gasteiger partial charge in [0.1, 0.15) is 0 Å². The summed E-state index contributed by atoms with van der Waals surface area (Å²) in [6.45, 7) is 4.25. The van der Waals surface area contributed by atoms with Gasteiger partial charge in [-0.05, 0) is 47.7 Å². The Bertz CT molecular complexity index is 639. The summed E-state index contributed by atoms with van der Waals surface area (Å²) >= 11 is 6.15. The van der Waals surface area contributed by atoms with Crippen molar-refractivity contribution in [1.29, 1.82) is 0 Å². The quantitative estimate of drug-likeness (QED) is 0.850. The molecular formula is C18H21ClN2. The second-order valence-corrected chi connectivity index (χ2v) is 6.12. The van der Waals surface area contributed by atoms with Crippen molar-refractivity contribution in [3.05, 3.63) is 64.2 Å². The molecule has 2 nitrogen and oxygen atoms in total. The Labute approximate surface area is 131 Å². The number of nitrogens with two attached hydrogens (primary N) is 1. The SMILES string of the molecule is CCC(c1cccc(Cl)c1)N1CCc2c(N)cccc2C1. The maximum Gasteiger partial charge on any atom is 0.0409 e. The maximum atomic E-state index is 6.15. The molecule has 0 spiro atoms. The van der Waals surface area contributed by atoms with Crippen LogP contribution in [0.5, 0.6) is 0 Å². The van der Waals surface area contributed by atoms with Crippen molar-refractivity contribution in [3.8, 4) is 0 Å². The first-order valence-corrected chi connectivity index (χ1v) is 7.92. The van der Waals surface area contributed by atoms with Gasteiger partial charge in [-0.2, -0.15) is 0 Å². The van der Waals surface area contributed by atoms with Crippen LogP contribution < -0.4 is 5.73 Å². The van der Waals surface area contributed by atoms with E-state index in [0.29, 0.717) is 6.04 Å². The van der Waals surface area contributed by atoms with Gasteiger partial charge in [0.2, 0.25) is 0 Å². The van der Waals surface area contributed by atoms with Crippen LogP contribution in [0.1, 0.15) is 36.1 Å². The summed E-state index contributed by atoms with van der Waals surface area (Å²) in [6.07, 6.45) is 2.11. The third-order valence-electron chi connectivity index (χ3n) is 4.39. The average Bonchev–Trinajstić information content (AvgIpc) is 2.48. The molecule has 3 heteroatoms. The van der Waals surface area contributed by atoms with E-state index in [1.807, 2.05) is 18.2 Å². The summed E-state index contributed by atoms with van der Waals surface area (Å²) in [6, 6.07) is 14.9. The molecule has 110 valence electrons. The molecule has 0 aliphatic carbocycles. The normalized spacial score (nSPS) is 16.5. The van der Waals surface area contributed by atoms with E-state index in [4.69, 9.17) is 17.3 Å². The lowest BCUT2D eigenvalue weighted by atomic mass is 9.94. The van der Waals surface area contributed by atoms with Crippen LogP contribution in [0.25, 0.3) is 0 Å². The predicted molar refractivity (Wildman–Crippen MR) is 89.5 cm³/mol. The number of benzene rings is 2. The van der Waals surface area contributed by atoms with Gasteiger partial charge in [0.25, 0.3) is 0 Å². The number of hydrogen-bond donors (Lipinski definition) is 1. The van der Waals surface area contributed by atoms with Crippen LogP contribution in [-0.4, -0.2) is 11.4 Å². The molecule has 0 aromatic heterocycles. The molecule has 1 aliphatic heterocycles. The molecule has 2 aromatic carbocycles. The average molecular weight is 301 g/mol. The molecule has 0 fully saturated rings. The predicted octanol–water partition coefficient (Wildman–Crippen LogP) is 4.43. The van der Waals surface area contributed by atoms with Crippen molar-refractivity contribution in [1.82, 2.24) is 4.90 Å². The van der Waals surface area contributed by atoms with Crippen LogP contribution in [0.15, 0.2) is 42.5 Å². The van der Waals surface area contributed by atoms with Gasteiger partial charge in [0.15, 0.2) is 0 Å². The highest BCUT2D eigenvalue weighted by Gasteiger charge is 2.24. The molecule has 0 saturated carbocycles. The van der Waals surface area contributed by atoms with Crippen LogP contribution >= 0.6 is 11.6 Å². The van der Waals surface area contributed by atoms with Crippen LogP contribution in [0.2, 0.25) is 5.02 Å². The van der Waals surface area contributed by atoms with Gasteiger partial charge in [-0.25, -0.2) is 0 Å². The molecular weight excluding hydrogens is 280 g/mol. The number of rotatable bonds is 3. The number of fused-ring (bicyclic) bond motifs is 1. The standard InChI is InChI=1S/C18H21ClN2/c1-2-18(13-5-3-7-15(19)11-13)21-10-9-16-14(12-21)6-4-8-17(16)20/h3-8,11,18H,2,9-10,12,20H2,1H3. The number of hydrogen-bond acceptors (Lipinski definition) is 2. The van der Waals surface area contributed by atoms with E-state index < -0.39 is 0 Å². The van der Waals surface area contributed by atoms with E-state index in [0.717, 1.165) is 36.6 Å². The molecule has 3 rings (SSSR count). The van der Waals surface area contributed by atoms with Crippen LogP contribution in [0.3, 0.4) is 0 Å². The van der Waals surface area contributed by atoms with Crippen LogP contribution in [0.4, 0.5) is 5.69 Å². The molecule has 21 heavy (non-hydrogen) atoms. The number of nitrogens with zero attached hydrogens (tertiary/aromatic N) is 1. The third kappa shape index (κ3) is 2.92. The van der Waals surface area contributed by atoms with Gasteiger partial charge in [-0.1, -0.05) is 42.8 Å². The Morgan fingerprint density at radius 3 is 2.81 bits per heavy atom. The van der Waals surface area contributed by atoms with Gasteiger partial charge < -0.3 is 5.73 Å². The lowest BCUT2D eigenvalue weighted by molar-refractivity contribution is 0.174. The number of halogens is 1. The first-order chi connectivity index (χ1) is 10.2. The zero-order valence-electron chi connectivity index (χ0n) is 12.3. The minimum atomic E-state index is 0.415. The highest BCUT2D eigenvalue weighted by Crippen LogP contribution is 2.32. The fourth-order valence-corrected chi connectivity index (χ4v) is 3.54. The second-order valence-electron chi connectivity index (χ2n) is 5.68. The molecule has 0 radical (unpaired) electrons. The smallest absolute Gasteiger partial charge is 0.0409 e. The van der Waals surface area contributed by atoms with Gasteiger partial charge in [-0.3, -0.25) is 4.90 Å². The molecule has 0 saturated heterocycles. The topological polar surface area (TPSA) is 29.3 Å². The lowest BCUT2D eigenvalue weighted by Gasteiger charge is -2.36. The first kappa shape index (κ1) is 14.4. The van der Waals surface area contributed by atoms with Crippen molar-refractivity contribution in [2.45, 2.75) is 32.4 Å². The van der Waals surface area contributed by atoms with Crippen molar-refractivity contribution >= 4 is 17.3 Å². The molecule has 1 heterocycles. The van der Waals surface area contributed by atoms with E-state index >= 15 is 0 Å². The van der Waals surface area contributed by atoms with Gasteiger partial charge in [0.05, 0.1) is 0 Å². The lowest BCUT2D eigenvalue weighted by Crippen LogP contribution is -2.34. The zero-order chi connectivity index (χ0) is 14.8. The second kappa shape index (κ2) is 6.08. The largest absolute Gasteiger partial charge is 0.398 e. The van der Waals surface area contributed by atoms with E-state index in [9.17, 15) is 0 Å². The maximum absolute atomic E-state index is 6.15. The molecule has 2 N–H and O–H groups in total. The van der Waals surface area contributed by atoms with Crippen molar-refractivity contribution < 1.29 is 0 Å². The summed E-state index contributed by atoms with van der Waals surface area (Å²) in [5, 5.41) is 0.813. The first-order valence-electron chi connectivity index (χ1n) is 7.54. The summed E-state index contributed by atoms with van der Waals surface area (Å²) in [7, 11) is 0. The fourth-order valence-electron chi connectivity index (χ4n) is 3.35. The van der Waals surface area contributed by atoms with E-state index in [-0.39, 0.29) is 0 Å². The monoisotopic (exact) mass is 300 g/mol. The fraction of sp³-hybridized carbons (Fsp3) is 0.333. The zero-order valence-corrected chi connectivity index (χ0v) is 13.1. The minimum Gasteiger partial charge on any atom is -0.398 e. The van der Waals surface area contributed by atoms with Crippen molar-refractivity contribution in [2.75, 3.05) is 12.3 Å². The summed E-state index contributed by atoms with van der Waals surface area (Å²) in [5.41, 5.74) is 11.0. The Kier molecular flexibility index (Phi) is 4.18. The van der Waals surface area contributed by atoms with Gasteiger partial charge in [-0.15, -0.1) is 0 Å². The Morgan fingerprint density at radius 1 is 1.24 bits per heavy atom. The van der Waals surface area contributed by atoms with Crippen molar-refractivity contribution in [3.63, 3.8) is 0 Å². The van der Waals surface area contributed by atoms with Gasteiger partial charge >= 0.3 is 0 Å². The highest BCUT2D eigenvalue weighted by molar-refractivity contribution is 6.30. The Morgan fingerprint density at radius 2 is 2.05 bits per heavy atom. The summed E-state index contributed by atoms with van der Waals surface area (Å²) < 4.78 is 0. The Balaban J connectivity index is 1.87. The molecule has 0 bridgehead atoms. The molecule has 2 aromatic rings. The van der Waals surface area contributed by atoms with E-state index in [1.165, 1.54) is 16.7 Å². The van der Waals surface area contributed by atoms with Crippen LogP contribution in [0, 0.1) is 0 Å². The molecule has 1 unspecified atom stereocenters. The third-order valence-corrected chi connectivity index (χ3v) is 4.63. The van der Waals surface area contributed by atoms with E-state index in [1.54, 1.807) is 0 Å². The highest BCUT2D eigenvalue weighted by atomic mass is 35.5. The number of nitrogen functional groups attached to an aromatic ring is 1. The van der Waals surface area contributed by atoms with Gasteiger partial charge in [0, 0.05) is 29.8 Å². The van der Waals surface area contributed by atoms with E-state index in [2.05, 4.69) is 36.1 Å². The summed E-state index contributed by atoms with van der Waals surface area (Å²) in [5.74, 6) is 0. The van der Waals surface area contributed by atoms with Crippen molar-refractivity contribution in [2.24, 2.45) is 0 Å². The summed E-state index contributed by atoms with van der Waals surface area (Å²) in [4.78, 5) is 2.54. The number of anilines is 1. The minimum absolute atomic E-state index is 0.415. The molecule has 0 amide bonds. The molecule has 1 aliphatic rings. The molecule has 1 atom stereocenters.